The van der Waals surface area contributed by atoms with E-state index in [2.05, 4.69) is 5.32 Å². The summed E-state index contributed by atoms with van der Waals surface area (Å²) in [5.41, 5.74) is 2.34. The Bertz CT molecular complexity index is 1340. The fourth-order valence-electron chi connectivity index (χ4n) is 4.39. The predicted molar refractivity (Wildman–Crippen MR) is 162 cm³/mol. The summed E-state index contributed by atoms with van der Waals surface area (Å²) in [7, 11) is -3.58. The maximum atomic E-state index is 13.8. The van der Waals surface area contributed by atoms with Crippen LogP contribution in [0.4, 0.5) is 5.69 Å². The summed E-state index contributed by atoms with van der Waals surface area (Å²) >= 11 is 5.98. The highest BCUT2D eigenvalue weighted by molar-refractivity contribution is 7.92. The van der Waals surface area contributed by atoms with Crippen LogP contribution in [-0.2, 0) is 32.6 Å². The third-order valence-electron chi connectivity index (χ3n) is 6.73. The number of sulfonamides is 1. The van der Waals surface area contributed by atoms with Gasteiger partial charge in [-0.3, -0.25) is 13.9 Å². The number of carbonyl (C=O) groups excluding carboxylic acids is 2. The summed E-state index contributed by atoms with van der Waals surface area (Å²) in [5, 5.41) is 3.56. The standard InChI is InChI=1S/C31H38ClN3O4S/c1-4-24(2)33-31(37)29(22-25-12-7-5-8-13-25)34(23-26-14-9-6-10-15-26)30(36)16-11-21-35(40(3,38)39)28-19-17-27(32)18-20-28/h5-10,12-15,17-20,24,29H,4,11,16,21-23H2,1-3H3,(H,33,37)/t24-,29-/m0/s1. The van der Waals surface area contributed by atoms with E-state index in [9.17, 15) is 18.0 Å². The Balaban J connectivity index is 1.86. The molecule has 0 spiro atoms. The molecule has 9 heteroatoms. The van der Waals surface area contributed by atoms with Crippen molar-refractivity contribution in [2.24, 2.45) is 0 Å². The molecule has 0 fully saturated rings. The molecular weight excluding hydrogens is 546 g/mol. The van der Waals surface area contributed by atoms with E-state index in [1.54, 1.807) is 29.2 Å². The number of carbonyl (C=O) groups is 2. The summed E-state index contributed by atoms with van der Waals surface area (Å²) in [6.07, 6.45) is 2.63. The van der Waals surface area contributed by atoms with Crippen LogP contribution in [0.3, 0.4) is 0 Å². The maximum Gasteiger partial charge on any atom is 0.243 e. The molecule has 0 aliphatic rings. The molecule has 0 radical (unpaired) electrons. The highest BCUT2D eigenvalue weighted by Crippen LogP contribution is 2.22. The fourth-order valence-corrected chi connectivity index (χ4v) is 5.48. The van der Waals surface area contributed by atoms with Gasteiger partial charge >= 0.3 is 0 Å². The second-order valence-corrected chi connectivity index (χ2v) is 12.3. The van der Waals surface area contributed by atoms with Crippen LogP contribution in [0.15, 0.2) is 84.9 Å². The van der Waals surface area contributed by atoms with E-state index in [4.69, 9.17) is 11.6 Å². The molecule has 3 aromatic rings. The number of anilines is 1. The van der Waals surface area contributed by atoms with E-state index in [0.717, 1.165) is 23.8 Å². The minimum Gasteiger partial charge on any atom is -0.352 e. The molecule has 0 aliphatic heterocycles. The number of rotatable bonds is 14. The van der Waals surface area contributed by atoms with Crippen LogP contribution in [0.25, 0.3) is 0 Å². The third-order valence-corrected chi connectivity index (χ3v) is 8.18. The number of nitrogens with one attached hydrogen (secondary N) is 1. The van der Waals surface area contributed by atoms with Crippen molar-refractivity contribution in [3.8, 4) is 0 Å². The smallest absolute Gasteiger partial charge is 0.243 e. The lowest BCUT2D eigenvalue weighted by atomic mass is 10.0. The maximum absolute atomic E-state index is 13.8. The van der Waals surface area contributed by atoms with Crippen molar-refractivity contribution in [3.05, 3.63) is 101 Å². The molecule has 40 heavy (non-hydrogen) atoms. The van der Waals surface area contributed by atoms with Crippen molar-refractivity contribution in [2.45, 2.75) is 58.2 Å². The molecule has 0 saturated heterocycles. The minimum absolute atomic E-state index is 0.0397. The first-order valence-electron chi connectivity index (χ1n) is 13.5. The molecule has 0 aliphatic carbocycles. The molecule has 0 unspecified atom stereocenters. The Kier molecular flexibility index (Phi) is 11.6. The summed E-state index contributed by atoms with van der Waals surface area (Å²) < 4.78 is 26.4. The van der Waals surface area contributed by atoms with Crippen molar-refractivity contribution >= 4 is 39.1 Å². The van der Waals surface area contributed by atoms with Gasteiger partial charge in [0.2, 0.25) is 21.8 Å². The second-order valence-electron chi connectivity index (χ2n) is 9.95. The molecule has 0 aromatic heterocycles. The summed E-state index contributed by atoms with van der Waals surface area (Å²) in [6, 6.07) is 25.0. The van der Waals surface area contributed by atoms with Crippen LogP contribution < -0.4 is 9.62 Å². The van der Waals surface area contributed by atoms with Crippen LogP contribution in [0, 0.1) is 0 Å². The van der Waals surface area contributed by atoms with Gasteiger partial charge in [-0.1, -0.05) is 79.2 Å². The molecule has 7 nitrogen and oxygen atoms in total. The van der Waals surface area contributed by atoms with E-state index in [1.807, 2.05) is 74.5 Å². The Morgan fingerprint density at radius 1 is 0.900 bits per heavy atom. The molecule has 2 atom stereocenters. The van der Waals surface area contributed by atoms with Crippen LogP contribution >= 0.6 is 11.6 Å². The minimum atomic E-state index is -3.58. The fraction of sp³-hybridized carbons (Fsp3) is 0.355. The lowest BCUT2D eigenvalue weighted by Crippen LogP contribution is -2.52. The first kappa shape index (κ1) is 31.2. The van der Waals surface area contributed by atoms with Crippen LogP contribution in [0.1, 0.15) is 44.2 Å². The highest BCUT2D eigenvalue weighted by Gasteiger charge is 2.31. The average Bonchev–Trinajstić information content (AvgIpc) is 2.94. The second kappa shape index (κ2) is 14.9. The molecule has 0 bridgehead atoms. The van der Waals surface area contributed by atoms with Crippen molar-refractivity contribution in [1.82, 2.24) is 10.2 Å². The molecular formula is C31H38ClN3O4S. The number of hydrogen-bond acceptors (Lipinski definition) is 4. The molecule has 0 heterocycles. The number of benzene rings is 3. The van der Waals surface area contributed by atoms with Crippen molar-refractivity contribution < 1.29 is 18.0 Å². The van der Waals surface area contributed by atoms with E-state index in [0.29, 0.717) is 17.1 Å². The van der Waals surface area contributed by atoms with Gasteiger partial charge in [-0.15, -0.1) is 0 Å². The number of hydrogen-bond donors (Lipinski definition) is 1. The highest BCUT2D eigenvalue weighted by atomic mass is 35.5. The van der Waals surface area contributed by atoms with Crippen LogP contribution in [0.5, 0.6) is 0 Å². The normalized spacial score (nSPS) is 12.8. The SMILES string of the molecule is CC[C@H](C)NC(=O)[C@H](Cc1ccccc1)N(Cc1ccccc1)C(=O)CCCN(c1ccc(Cl)cc1)S(C)(=O)=O. The van der Waals surface area contributed by atoms with E-state index in [1.165, 1.54) is 4.31 Å². The third kappa shape index (κ3) is 9.38. The van der Waals surface area contributed by atoms with Gasteiger partial charge in [-0.05, 0) is 55.2 Å². The summed E-state index contributed by atoms with van der Waals surface area (Å²) in [6.45, 7) is 4.32. The van der Waals surface area contributed by atoms with Crippen LogP contribution in [0.2, 0.25) is 5.02 Å². The molecule has 1 N–H and O–H groups in total. The zero-order valence-electron chi connectivity index (χ0n) is 23.3. The predicted octanol–water partition coefficient (Wildman–Crippen LogP) is 5.44. The zero-order valence-corrected chi connectivity index (χ0v) is 24.9. The largest absolute Gasteiger partial charge is 0.352 e. The van der Waals surface area contributed by atoms with Gasteiger partial charge in [-0.25, -0.2) is 8.42 Å². The van der Waals surface area contributed by atoms with E-state index in [-0.39, 0.29) is 43.8 Å². The topological polar surface area (TPSA) is 86.8 Å². The number of amides is 2. The van der Waals surface area contributed by atoms with Gasteiger partial charge in [0.05, 0.1) is 11.9 Å². The lowest BCUT2D eigenvalue weighted by Gasteiger charge is -2.32. The van der Waals surface area contributed by atoms with Gasteiger partial charge in [-0.2, -0.15) is 0 Å². The van der Waals surface area contributed by atoms with E-state index < -0.39 is 16.1 Å². The van der Waals surface area contributed by atoms with E-state index >= 15 is 0 Å². The molecule has 214 valence electrons. The molecule has 2 amide bonds. The van der Waals surface area contributed by atoms with Crippen molar-refractivity contribution in [3.63, 3.8) is 0 Å². The Morgan fingerprint density at radius 3 is 2.02 bits per heavy atom. The Hall–Kier alpha value is -3.36. The van der Waals surface area contributed by atoms with Crippen molar-refractivity contribution in [1.29, 1.82) is 0 Å². The van der Waals surface area contributed by atoms with Crippen molar-refractivity contribution in [2.75, 3.05) is 17.1 Å². The number of nitrogens with zero attached hydrogens (tertiary/aromatic N) is 2. The molecule has 3 aromatic carbocycles. The summed E-state index contributed by atoms with van der Waals surface area (Å²) in [4.78, 5) is 29.0. The summed E-state index contributed by atoms with van der Waals surface area (Å²) in [5.74, 6) is -0.421. The average molecular weight is 584 g/mol. The number of halogens is 1. The Labute approximate surface area is 243 Å². The van der Waals surface area contributed by atoms with Gasteiger partial charge in [0.25, 0.3) is 0 Å². The van der Waals surface area contributed by atoms with Gasteiger partial charge < -0.3 is 10.2 Å². The van der Waals surface area contributed by atoms with Gasteiger partial charge in [0, 0.05) is 37.0 Å². The lowest BCUT2D eigenvalue weighted by molar-refractivity contribution is -0.141. The molecule has 0 saturated carbocycles. The molecule has 3 rings (SSSR count). The first-order chi connectivity index (χ1) is 19.1. The quantitative estimate of drug-likeness (QED) is 0.274. The Morgan fingerprint density at radius 2 is 1.48 bits per heavy atom. The van der Waals surface area contributed by atoms with Gasteiger partial charge in [0.15, 0.2) is 0 Å². The van der Waals surface area contributed by atoms with Crippen LogP contribution in [-0.4, -0.2) is 50.0 Å². The monoisotopic (exact) mass is 583 g/mol. The first-order valence-corrected chi connectivity index (χ1v) is 15.7. The zero-order chi connectivity index (χ0) is 29.1. The van der Waals surface area contributed by atoms with Gasteiger partial charge in [0.1, 0.15) is 6.04 Å².